The first-order chi connectivity index (χ1) is 5.65. The van der Waals surface area contributed by atoms with Gasteiger partial charge >= 0.3 is 0 Å². The first kappa shape index (κ1) is 8.62. The molecule has 62 valence electrons. The zero-order valence-electron chi connectivity index (χ0n) is 6.49. The number of ketones is 2. The van der Waals surface area contributed by atoms with Gasteiger partial charge in [0.15, 0.2) is 11.6 Å². The molecule has 0 saturated carbocycles. The summed E-state index contributed by atoms with van der Waals surface area (Å²) in [4.78, 5) is 21.9. The number of allylic oxidation sites excluding steroid dienone is 3. The Labute approximate surface area is 70.2 Å². The van der Waals surface area contributed by atoms with Gasteiger partial charge in [-0.1, -0.05) is 6.08 Å². The molecule has 2 N–H and O–H groups in total. The van der Waals surface area contributed by atoms with Crippen molar-refractivity contribution >= 4 is 11.6 Å². The zero-order chi connectivity index (χ0) is 9.14. The van der Waals surface area contributed by atoms with E-state index < -0.39 is 6.04 Å². The average Bonchev–Trinajstić information content (AvgIpc) is 2.08. The third kappa shape index (κ3) is 1.57. The van der Waals surface area contributed by atoms with E-state index in [1.165, 1.54) is 24.3 Å². The van der Waals surface area contributed by atoms with Crippen molar-refractivity contribution in [1.29, 1.82) is 0 Å². The minimum atomic E-state index is -0.550. The van der Waals surface area contributed by atoms with E-state index in [1.54, 1.807) is 0 Å². The van der Waals surface area contributed by atoms with Gasteiger partial charge in [-0.2, -0.15) is 0 Å². The lowest BCUT2D eigenvalue weighted by Gasteiger charge is -2.10. The third-order valence-corrected chi connectivity index (χ3v) is 1.59. The molecular formula is C9H9NO2. The number of rotatable bonds is 2. The fraction of sp³-hybridized carbons (Fsp3) is 0.111. The van der Waals surface area contributed by atoms with E-state index in [0.717, 1.165) is 0 Å². The summed E-state index contributed by atoms with van der Waals surface area (Å²) >= 11 is 0. The van der Waals surface area contributed by atoms with Crippen LogP contribution in [0.2, 0.25) is 0 Å². The molecule has 3 nitrogen and oxygen atoms in total. The van der Waals surface area contributed by atoms with Crippen LogP contribution in [0.1, 0.15) is 0 Å². The molecule has 1 aliphatic rings. The molecule has 0 aromatic heterocycles. The Hall–Kier alpha value is -1.48. The van der Waals surface area contributed by atoms with Crippen LogP contribution in [0.25, 0.3) is 0 Å². The zero-order valence-corrected chi connectivity index (χ0v) is 6.49. The van der Waals surface area contributed by atoms with Crippen molar-refractivity contribution in [3.05, 3.63) is 36.5 Å². The van der Waals surface area contributed by atoms with Gasteiger partial charge in [-0.25, -0.2) is 0 Å². The third-order valence-electron chi connectivity index (χ3n) is 1.59. The summed E-state index contributed by atoms with van der Waals surface area (Å²) < 4.78 is 0. The molecule has 0 amide bonds. The minimum Gasteiger partial charge on any atom is -0.321 e. The van der Waals surface area contributed by atoms with Gasteiger partial charge in [0.1, 0.15) is 0 Å². The number of hydrogen-bond donors (Lipinski definition) is 1. The highest BCUT2D eigenvalue weighted by atomic mass is 16.1. The quantitative estimate of drug-likeness (QED) is 0.465. The van der Waals surface area contributed by atoms with E-state index in [0.29, 0.717) is 5.57 Å². The normalized spacial score (nSPS) is 18.9. The molecule has 3 heteroatoms. The average molecular weight is 163 g/mol. The summed E-state index contributed by atoms with van der Waals surface area (Å²) in [6.07, 6.45) is 5.12. The molecule has 0 saturated heterocycles. The molecule has 1 atom stereocenters. The lowest BCUT2D eigenvalue weighted by molar-refractivity contribution is -0.114. The molecular weight excluding hydrogens is 154 g/mol. The van der Waals surface area contributed by atoms with E-state index >= 15 is 0 Å². The van der Waals surface area contributed by atoms with Crippen molar-refractivity contribution < 1.29 is 9.59 Å². The molecule has 1 unspecified atom stereocenters. The second-order valence-corrected chi connectivity index (χ2v) is 2.46. The van der Waals surface area contributed by atoms with Crippen LogP contribution in [-0.2, 0) is 9.59 Å². The van der Waals surface area contributed by atoms with E-state index in [4.69, 9.17) is 5.73 Å². The Kier molecular flexibility index (Phi) is 2.35. The summed E-state index contributed by atoms with van der Waals surface area (Å²) in [5, 5.41) is 0. The van der Waals surface area contributed by atoms with Crippen molar-refractivity contribution in [3.8, 4) is 0 Å². The van der Waals surface area contributed by atoms with Gasteiger partial charge in [0.2, 0.25) is 0 Å². The minimum absolute atomic E-state index is 0.207. The van der Waals surface area contributed by atoms with Gasteiger partial charge in [-0.3, -0.25) is 9.59 Å². The number of carbonyl (C=O) groups is 2. The Bertz CT molecular complexity index is 300. The lowest BCUT2D eigenvalue weighted by atomic mass is 9.97. The van der Waals surface area contributed by atoms with Crippen molar-refractivity contribution in [3.63, 3.8) is 0 Å². The van der Waals surface area contributed by atoms with Gasteiger partial charge in [0.05, 0.1) is 6.04 Å². The molecule has 0 spiro atoms. The molecule has 0 aliphatic heterocycles. The fourth-order valence-corrected chi connectivity index (χ4v) is 0.914. The Balaban J connectivity index is 2.95. The Morgan fingerprint density at radius 2 is 2.08 bits per heavy atom. The summed E-state index contributed by atoms with van der Waals surface area (Å²) in [5.41, 5.74) is 5.81. The number of carbonyl (C=O) groups excluding carboxylic acids is 2. The first-order valence-corrected chi connectivity index (χ1v) is 3.51. The fourth-order valence-electron chi connectivity index (χ4n) is 0.914. The standard InChI is InChI=1S/C9H9NO2/c1-2-8(10)7-5-6(11)3-4-9(7)12/h2-5,8H,1,10H2. The van der Waals surface area contributed by atoms with Gasteiger partial charge in [0, 0.05) is 5.57 Å². The van der Waals surface area contributed by atoms with E-state index in [-0.39, 0.29) is 11.6 Å². The van der Waals surface area contributed by atoms with Gasteiger partial charge in [-0.15, -0.1) is 6.58 Å². The second-order valence-electron chi connectivity index (χ2n) is 2.46. The molecule has 0 fully saturated rings. The van der Waals surface area contributed by atoms with Crippen LogP contribution >= 0.6 is 0 Å². The number of hydrogen-bond acceptors (Lipinski definition) is 3. The van der Waals surface area contributed by atoms with Crippen molar-refractivity contribution in [2.24, 2.45) is 5.73 Å². The SMILES string of the molecule is C=CC(N)C1=CC(=O)C=CC1=O. The van der Waals surface area contributed by atoms with E-state index in [9.17, 15) is 9.59 Å². The van der Waals surface area contributed by atoms with Crippen LogP contribution in [0.3, 0.4) is 0 Å². The Morgan fingerprint density at radius 1 is 1.42 bits per heavy atom. The highest BCUT2D eigenvalue weighted by Crippen LogP contribution is 2.08. The molecule has 0 aromatic carbocycles. The van der Waals surface area contributed by atoms with Crippen LogP contribution < -0.4 is 5.73 Å². The predicted octanol–water partition coefficient (Wildman–Crippen LogP) is 0.134. The monoisotopic (exact) mass is 163 g/mol. The van der Waals surface area contributed by atoms with Crippen molar-refractivity contribution in [2.75, 3.05) is 0 Å². The van der Waals surface area contributed by atoms with Gasteiger partial charge in [0.25, 0.3) is 0 Å². The first-order valence-electron chi connectivity index (χ1n) is 3.51. The summed E-state index contributed by atoms with van der Waals surface area (Å²) in [6.45, 7) is 3.44. The molecule has 1 rings (SSSR count). The molecule has 0 radical (unpaired) electrons. The van der Waals surface area contributed by atoms with Crippen molar-refractivity contribution in [2.45, 2.75) is 6.04 Å². The maximum Gasteiger partial charge on any atom is 0.183 e. The van der Waals surface area contributed by atoms with Gasteiger partial charge in [-0.05, 0) is 18.2 Å². The lowest BCUT2D eigenvalue weighted by Crippen LogP contribution is -2.26. The van der Waals surface area contributed by atoms with Crippen LogP contribution in [0.15, 0.2) is 36.5 Å². The second kappa shape index (κ2) is 3.28. The summed E-state index contributed by atoms with van der Waals surface area (Å²) in [5.74, 6) is -0.427. The summed E-state index contributed by atoms with van der Waals surface area (Å²) in [6, 6.07) is -0.550. The Morgan fingerprint density at radius 3 is 2.67 bits per heavy atom. The van der Waals surface area contributed by atoms with Crippen LogP contribution in [-0.4, -0.2) is 17.6 Å². The maximum atomic E-state index is 11.1. The molecule has 0 bridgehead atoms. The molecule has 1 aliphatic carbocycles. The molecule has 0 aromatic rings. The molecule has 0 heterocycles. The summed E-state index contributed by atoms with van der Waals surface area (Å²) in [7, 11) is 0. The van der Waals surface area contributed by atoms with Gasteiger partial charge < -0.3 is 5.73 Å². The maximum absolute atomic E-state index is 11.1. The smallest absolute Gasteiger partial charge is 0.183 e. The van der Waals surface area contributed by atoms with E-state index in [2.05, 4.69) is 6.58 Å². The highest BCUT2D eigenvalue weighted by Gasteiger charge is 2.16. The topological polar surface area (TPSA) is 60.2 Å². The van der Waals surface area contributed by atoms with Crippen LogP contribution in [0.4, 0.5) is 0 Å². The van der Waals surface area contributed by atoms with E-state index in [1.807, 2.05) is 0 Å². The number of nitrogens with two attached hydrogens (primary N) is 1. The van der Waals surface area contributed by atoms with Crippen molar-refractivity contribution in [1.82, 2.24) is 0 Å². The van der Waals surface area contributed by atoms with Crippen LogP contribution in [0.5, 0.6) is 0 Å². The molecule has 12 heavy (non-hydrogen) atoms. The highest BCUT2D eigenvalue weighted by molar-refractivity contribution is 6.17. The largest absolute Gasteiger partial charge is 0.321 e. The van der Waals surface area contributed by atoms with Crippen LogP contribution in [0, 0.1) is 0 Å². The predicted molar refractivity (Wildman–Crippen MR) is 45.4 cm³/mol.